The molecule has 0 spiro atoms. The standard InChI is InChI=1S/C42H48FN5O3/c1-6-30-35(43)10-7-26-13-29(49)14-33(37(26)30)32-16-36-34(15-31(32)25(2)3)38(48-17-27-8-9-28(18-48)44-27)46-39(45-36)51-24-42(11-12-42)21-47-19-40(4)22-50-23-41(40,5)20-47/h1,7,10,13-16,25,27-28,44,49H,8-9,11-12,17-24H2,2-5H3/t27?,28?,40-,41-/m0/s1. The Hall–Kier alpha value is -3.97. The highest BCUT2D eigenvalue weighted by atomic mass is 19.1. The molecule has 1 saturated carbocycles. The van der Waals surface area contributed by atoms with Gasteiger partial charge in [-0.2, -0.15) is 9.97 Å². The number of rotatable bonds is 8. The maximum absolute atomic E-state index is 15.2. The number of hydrogen-bond donors (Lipinski definition) is 2. The van der Waals surface area contributed by atoms with Gasteiger partial charge in [0.1, 0.15) is 17.4 Å². The van der Waals surface area contributed by atoms with Gasteiger partial charge in [-0.25, -0.2) is 4.39 Å². The first-order valence-electron chi connectivity index (χ1n) is 18.7. The fourth-order valence-corrected chi connectivity index (χ4v) is 9.61. The molecule has 2 unspecified atom stereocenters. The molecule has 4 aliphatic heterocycles. The third kappa shape index (κ3) is 5.53. The minimum atomic E-state index is -0.458. The Kier molecular flexibility index (Phi) is 7.60. The summed E-state index contributed by atoms with van der Waals surface area (Å²) in [5.41, 5.74) is 4.04. The Bertz CT molecular complexity index is 2080. The summed E-state index contributed by atoms with van der Waals surface area (Å²) in [4.78, 5) is 15.3. The van der Waals surface area contributed by atoms with Crippen molar-refractivity contribution in [3.8, 4) is 35.2 Å². The molecular weight excluding hydrogens is 641 g/mol. The van der Waals surface area contributed by atoms with Gasteiger partial charge in [-0.15, -0.1) is 6.42 Å². The fraction of sp³-hybridized carbons (Fsp3) is 0.524. The van der Waals surface area contributed by atoms with Crippen LogP contribution < -0.4 is 15.0 Å². The van der Waals surface area contributed by atoms with Crippen molar-refractivity contribution in [3.05, 3.63) is 53.3 Å². The number of aromatic nitrogens is 2. The number of fused-ring (bicyclic) bond motifs is 5. The van der Waals surface area contributed by atoms with Crippen LogP contribution in [0.4, 0.5) is 10.2 Å². The third-order valence-corrected chi connectivity index (χ3v) is 12.9. The SMILES string of the molecule is C#Cc1c(F)ccc2cc(O)cc(-c3cc4nc(OCC5(CN6C[C@@]7(C)COC[C@]7(C)C6)CC5)nc(N5CC6CCC(C5)N6)c4cc3C(C)C)c12. The molecule has 4 saturated heterocycles. The number of halogens is 1. The van der Waals surface area contributed by atoms with Gasteiger partial charge in [0, 0.05) is 71.8 Å². The van der Waals surface area contributed by atoms with Gasteiger partial charge in [-0.3, -0.25) is 0 Å². The first kappa shape index (κ1) is 32.9. The minimum Gasteiger partial charge on any atom is -0.508 e. The van der Waals surface area contributed by atoms with Crippen molar-refractivity contribution in [2.24, 2.45) is 16.2 Å². The topological polar surface area (TPSA) is 83.0 Å². The zero-order valence-electron chi connectivity index (χ0n) is 30.2. The molecule has 9 rings (SSSR count). The van der Waals surface area contributed by atoms with E-state index in [0.717, 1.165) is 99.5 Å². The molecule has 9 heteroatoms. The Morgan fingerprint density at radius 3 is 2.43 bits per heavy atom. The smallest absolute Gasteiger partial charge is 0.318 e. The Labute approximate surface area is 299 Å². The van der Waals surface area contributed by atoms with Crippen molar-refractivity contribution in [2.75, 3.05) is 57.4 Å². The lowest BCUT2D eigenvalue weighted by Gasteiger charge is -2.34. The van der Waals surface area contributed by atoms with E-state index < -0.39 is 5.82 Å². The van der Waals surface area contributed by atoms with Crippen LogP contribution in [0.3, 0.4) is 0 Å². The van der Waals surface area contributed by atoms with Gasteiger partial charge >= 0.3 is 6.01 Å². The van der Waals surface area contributed by atoms with Crippen LogP contribution in [0.15, 0.2) is 36.4 Å². The van der Waals surface area contributed by atoms with Gasteiger partial charge in [0.15, 0.2) is 0 Å². The quantitative estimate of drug-likeness (QED) is 0.194. The zero-order chi connectivity index (χ0) is 35.3. The molecule has 8 nitrogen and oxygen atoms in total. The first-order valence-corrected chi connectivity index (χ1v) is 18.7. The van der Waals surface area contributed by atoms with Crippen molar-refractivity contribution >= 4 is 27.5 Å². The van der Waals surface area contributed by atoms with Gasteiger partial charge < -0.3 is 29.7 Å². The summed E-state index contributed by atoms with van der Waals surface area (Å²) in [6.45, 7) is 16.2. The molecule has 4 atom stereocenters. The van der Waals surface area contributed by atoms with Crippen LogP contribution in [0.2, 0.25) is 0 Å². The molecule has 51 heavy (non-hydrogen) atoms. The van der Waals surface area contributed by atoms with E-state index in [2.05, 4.69) is 60.9 Å². The Balaban J connectivity index is 1.12. The van der Waals surface area contributed by atoms with Crippen LogP contribution in [0, 0.1) is 34.4 Å². The number of hydrogen-bond acceptors (Lipinski definition) is 8. The second kappa shape index (κ2) is 11.8. The number of piperazine rings is 1. The van der Waals surface area contributed by atoms with Crippen LogP contribution in [0.5, 0.6) is 11.8 Å². The van der Waals surface area contributed by atoms with Crippen molar-refractivity contribution in [3.63, 3.8) is 0 Å². The van der Waals surface area contributed by atoms with E-state index in [9.17, 15) is 5.11 Å². The number of phenols is 1. The number of phenolic OH excluding ortho intramolecular Hbond substituents is 1. The molecule has 3 aromatic carbocycles. The summed E-state index contributed by atoms with van der Waals surface area (Å²) in [6, 6.07) is 11.9. The van der Waals surface area contributed by atoms with Gasteiger partial charge in [-0.1, -0.05) is 39.7 Å². The van der Waals surface area contributed by atoms with Gasteiger partial charge in [0.2, 0.25) is 0 Å². The maximum atomic E-state index is 15.2. The highest BCUT2D eigenvalue weighted by Crippen LogP contribution is 2.54. The number of likely N-dealkylation sites (tertiary alicyclic amines) is 1. The molecule has 0 amide bonds. The molecule has 266 valence electrons. The lowest BCUT2D eigenvalue weighted by Crippen LogP contribution is -2.51. The fourth-order valence-electron chi connectivity index (χ4n) is 9.61. The molecule has 4 aromatic rings. The monoisotopic (exact) mass is 689 g/mol. The van der Waals surface area contributed by atoms with E-state index in [-0.39, 0.29) is 33.5 Å². The molecule has 5 aliphatic rings. The number of aromatic hydroxyl groups is 1. The highest BCUT2D eigenvalue weighted by Gasteiger charge is 2.57. The number of terminal acetylenes is 1. The van der Waals surface area contributed by atoms with Crippen LogP contribution in [-0.4, -0.2) is 84.6 Å². The summed E-state index contributed by atoms with van der Waals surface area (Å²) in [5.74, 6) is 3.23. The summed E-state index contributed by atoms with van der Waals surface area (Å²) in [7, 11) is 0. The average Bonchev–Trinajstić information content (AvgIpc) is 3.60. The van der Waals surface area contributed by atoms with E-state index >= 15 is 4.39 Å². The normalized spacial score (nSPS) is 28.1. The number of benzene rings is 3. The van der Waals surface area contributed by atoms with E-state index in [4.69, 9.17) is 25.9 Å². The largest absolute Gasteiger partial charge is 0.508 e. The molecule has 0 radical (unpaired) electrons. The summed E-state index contributed by atoms with van der Waals surface area (Å²) >= 11 is 0. The summed E-state index contributed by atoms with van der Waals surface area (Å²) in [6.07, 6.45) is 10.5. The maximum Gasteiger partial charge on any atom is 0.318 e. The predicted octanol–water partition coefficient (Wildman–Crippen LogP) is 6.86. The van der Waals surface area contributed by atoms with Crippen LogP contribution in [-0.2, 0) is 4.74 Å². The Morgan fingerprint density at radius 2 is 1.76 bits per heavy atom. The number of ether oxygens (including phenoxy) is 2. The van der Waals surface area contributed by atoms with Crippen LogP contribution in [0.1, 0.15) is 70.4 Å². The number of anilines is 1. The third-order valence-electron chi connectivity index (χ3n) is 12.9. The predicted molar refractivity (Wildman–Crippen MR) is 199 cm³/mol. The lowest BCUT2D eigenvalue weighted by molar-refractivity contribution is 0.112. The molecule has 5 fully saturated rings. The van der Waals surface area contributed by atoms with Crippen molar-refractivity contribution < 1.29 is 19.0 Å². The second-order valence-electron chi connectivity index (χ2n) is 17.2. The van der Waals surface area contributed by atoms with Crippen LogP contribution >= 0.6 is 0 Å². The highest BCUT2D eigenvalue weighted by molar-refractivity contribution is 6.04. The van der Waals surface area contributed by atoms with E-state index in [0.29, 0.717) is 41.0 Å². The van der Waals surface area contributed by atoms with Crippen LogP contribution in [0.25, 0.3) is 32.8 Å². The zero-order valence-corrected chi connectivity index (χ0v) is 30.2. The first-order chi connectivity index (χ1) is 24.5. The molecule has 5 heterocycles. The molecule has 2 N–H and O–H groups in total. The van der Waals surface area contributed by atoms with Gasteiger partial charge in [0.05, 0.1) is 30.9 Å². The number of nitrogens with zero attached hydrogens (tertiary/aromatic N) is 4. The molecule has 2 bridgehead atoms. The summed E-state index contributed by atoms with van der Waals surface area (Å²) in [5, 5.41) is 16.9. The molecular formula is C42H48FN5O3. The van der Waals surface area contributed by atoms with Crippen molar-refractivity contribution in [1.29, 1.82) is 0 Å². The number of nitrogens with one attached hydrogen (secondary N) is 1. The van der Waals surface area contributed by atoms with Crippen molar-refractivity contribution in [1.82, 2.24) is 20.2 Å². The van der Waals surface area contributed by atoms with E-state index in [1.165, 1.54) is 6.07 Å². The average molecular weight is 690 g/mol. The summed E-state index contributed by atoms with van der Waals surface area (Å²) < 4.78 is 27.7. The molecule has 1 aromatic heterocycles. The molecule has 1 aliphatic carbocycles. The van der Waals surface area contributed by atoms with E-state index in [1.54, 1.807) is 18.2 Å². The van der Waals surface area contributed by atoms with Crippen molar-refractivity contribution in [2.45, 2.75) is 71.4 Å². The lowest BCUT2D eigenvalue weighted by atomic mass is 9.71. The minimum absolute atomic E-state index is 0.0949. The van der Waals surface area contributed by atoms with Gasteiger partial charge in [0.25, 0.3) is 0 Å². The van der Waals surface area contributed by atoms with Gasteiger partial charge in [-0.05, 0) is 84.0 Å². The Morgan fingerprint density at radius 1 is 1.04 bits per heavy atom. The second-order valence-corrected chi connectivity index (χ2v) is 17.2. The van der Waals surface area contributed by atoms with E-state index in [1.807, 2.05) is 0 Å².